The molecular weight excluding hydrogens is 371 g/mol. The number of alkyl halides is 3. The number of rotatable bonds is 3. The van der Waals surface area contributed by atoms with Gasteiger partial charge in [-0.15, -0.1) is 0 Å². The minimum absolute atomic E-state index is 0.201. The van der Waals surface area contributed by atoms with E-state index in [1.807, 2.05) is 6.92 Å². The number of fused-ring (bicyclic) bond motifs is 1. The third-order valence-corrected chi connectivity index (χ3v) is 5.38. The maximum atomic E-state index is 12.8. The van der Waals surface area contributed by atoms with Gasteiger partial charge >= 0.3 is 6.18 Å². The van der Waals surface area contributed by atoms with E-state index in [2.05, 4.69) is 15.0 Å². The van der Waals surface area contributed by atoms with Crippen molar-refractivity contribution < 1.29 is 13.2 Å². The van der Waals surface area contributed by atoms with Crippen LogP contribution >= 0.6 is 0 Å². The largest absolute Gasteiger partial charge is 0.433 e. The van der Waals surface area contributed by atoms with Crippen molar-refractivity contribution in [1.82, 2.24) is 24.7 Å². The highest BCUT2D eigenvalue weighted by Crippen LogP contribution is 2.37. The lowest BCUT2D eigenvalue weighted by molar-refractivity contribution is -0.141. The molecule has 0 aromatic carbocycles. The Balaban J connectivity index is 1.82. The molecule has 3 aromatic rings. The van der Waals surface area contributed by atoms with Gasteiger partial charge in [-0.25, -0.2) is 9.67 Å². The fourth-order valence-corrected chi connectivity index (χ4v) is 3.90. The Kier molecular flexibility index (Phi) is 4.47. The first kappa shape index (κ1) is 18.6. The van der Waals surface area contributed by atoms with Crippen molar-refractivity contribution in [2.24, 2.45) is 0 Å². The average molecular weight is 391 g/mol. The van der Waals surface area contributed by atoms with Crippen LogP contribution in [0, 0.1) is 6.92 Å². The summed E-state index contributed by atoms with van der Waals surface area (Å²) in [7, 11) is 0. The molecule has 148 valence electrons. The summed E-state index contributed by atoms with van der Waals surface area (Å²) in [6.07, 6.45) is 0.840. The SMILES string of the molecule is Cc1nc2c(c(C3CCCC3)nn2C(C)c2ccc(C(F)(F)F)nc2)c(=O)[nH]1. The summed E-state index contributed by atoms with van der Waals surface area (Å²) >= 11 is 0. The van der Waals surface area contributed by atoms with Crippen molar-refractivity contribution in [2.75, 3.05) is 0 Å². The number of halogens is 3. The molecule has 28 heavy (non-hydrogen) atoms. The molecule has 1 aliphatic rings. The van der Waals surface area contributed by atoms with Crippen LogP contribution < -0.4 is 5.56 Å². The highest BCUT2D eigenvalue weighted by Gasteiger charge is 2.32. The molecule has 0 amide bonds. The third kappa shape index (κ3) is 3.18. The van der Waals surface area contributed by atoms with E-state index in [-0.39, 0.29) is 11.5 Å². The highest BCUT2D eigenvalue weighted by molar-refractivity contribution is 5.78. The van der Waals surface area contributed by atoms with Gasteiger partial charge < -0.3 is 4.98 Å². The summed E-state index contributed by atoms with van der Waals surface area (Å²) in [5, 5.41) is 5.18. The monoisotopic (exact) mass is 391 g/mol. The summed E-state index contributed by atoms with van der Waals surface area (Å²) in [5.41, 5.74) is 0.581. The number of pyridine rings is 1. The van der Waals surface area contributed by atoms with E-state index in [0.29, 0.717) is 22.4 Å². The molecule has 1 unspecified atom stereocenters. The Labute approximate surface area is 158 Å². The van der Waals surface area contributed by atoms with Gasteiger partial charge in [0.25, 0.3) is 5.56 Å². The minimum Gasteiger partial charge on any atom is -0.310 e. The lowest BCUT2D eigenvalue weighted by Gasteiger charge is -2.14. The predicted molar refractivity (Wildman–Crippen MR) is 97.1 cm³/mol. The van der Waals surface area contributed by atoms with Crippen LogP contribution in [0.2, 0.25) is 0 Å². The molecule has 3 heterocycles. The average Bonchev–Trinajstić information content (AvgIpc) is 3.28. The Morgan fingerprint density at radius 3 is 2.57 bits per heavy atom. The minimum atomic E-state index is -4.48. The standard InChI is InChI=1S/C19H20F3N5O/c1-10(13-7-8-14(23-9-13)19(20,21)22)27-17-15(18(28)25-11(2)24-17)16(26-27)12-5-3-4-6-12/h7-10,12H,3-6H2,1-2H3,(H,24,25,28). The Hall–Kier alpha value is -2.71. The van der Waals surface area contributed by atoms with Gasteiger partial charge in [0, 0.05) is 12.1 Å². The lowest BCUT2D eigenvalue weighted by atomic mass is 10.0. The molecule has 1 fully saturated rings. The van der Waals surface area contributed by atoms with Crippen LogP contribution in [-0.2, 0) is 6.18 Å². The number of hydrogen-bond donors (Lipinski definition) is 1. The summed E-state index contributed by atoms with van der Waals surface area (Å²) in [6.45, 7) is 3.51. The predicted octanol–water partition coefficient (Wildman–Crippen LogP) is 4.11. The first-order valence-corrected chi connectivity index (χ1v) is 9.28. The lowest BCUT2D eigenvalue weighted by Crippen LogP contribution is -2.14. The Morgan fingerprint density at radius 1 is 1.25 bits per heavy atom. The third-order valence-electron chi connectivity index (χ3n) is 5.38. The molecule has 4 rings (SSSR count). The van der Waals surface area contributed by atoms with E-state index < -0.39 is 17.9 Å². The molecule has 9 heteroatoms. The molecular formula is C19H20F3N5O. The number of aromatic nitrogens is 5. The zero-order valence-corrected chi connectivity index (χ0v) is 15.5. The fraction of sp³-hybridized carbons (Fsp3) is 0.474. The van der Waals surface area contributed by atoms with Gasteiger partial charge in [-0.1, -0.05) is 18.9 Å². The number of hydrogen-bond acceptors (Lipinski definition) is 4. The topological polar surface area (TPSA) is 76.5 Å². The summed E-state index contributed by atoms with van der Waals surface area (Å²) in [4.78, 5) is 23.4. The van der Waals surface area contributed by atoms with Crippen molar-refractivity contribution >= 4 is 11.0 Å². The molecule has 1 aliphatic carbocycles. The van der Waals surface area contributed by atoms with Crippen LogP contribution in [0.1, 0.15) is 67.3 Å². The number of aryl methyl sites for hydroxylation is 1. The molecule has 3 aromatic heterocycles. The van der Waals surface area contributed by atoms with E-state index >= 15 is 0 Å². The van der Waals surface area contributed by atoms with Crippen molar-refractivity contribution in [2.45, 2.75) is 57.7 Å². The molecule has 0 radical (unpaired) electrons. The van der Waals surface area contributed by atoms with Crippen LogP contribution in [-0.4, -0.2) is 24.7 Å². The zero-order valence-electron chi connectivity index (χ0n) is 15.5. The van der Waals surface area contributed by atoms with E-state index in [1.165, 1.54) is 12.3 Å². The van der Waals surface area contributed by atoms with Gasteiger partial charge in [0.2, 0.25) is 0 Å². The number of nitrogens with zero attached hydrogens (tertiary/aromatic N) is 4. The molecule has 1 saturated carbocycles. The maximum Gasteiger partial charge on any atom is 0.433 e. The van der Waals surface area contributed by atoms with Crippen LogP contribution in [0.3, 0.4) is 0 Å². The molecule has 0 bridgehead atoms. The molecule has 0 aliphatic heterocycles. The van der Waals surface area contributed by atoms with Crippen molar-refractivity contribution in [3.8, 4) is 0 Å². The summed E-state index contributed by atoms with van der Waals surface area (Å²) < 4.78 is 40.0. The normalized spacial score (nSPS) is 16.8. The fourth-order valence-electron chi connectivity index (χ4n) is 3.90. The zero-order chi connectivity index (χ0) is 20.1. The first-order valence-electron chi connectivity index (χ1n) is 9.28. The Morgan fingerprint density at radius 2 is 1.96 bits per heavy atom. The van der Waals surface area contributed by atoms with Gasteiger partial charge in [0.05, 0.1) is 11.7 Å². The van der Waals surface area contributed by atoms with Gasteiger partial charge in [0.15, 0.2) is 5.65 Å². The van der Waals surface area contributed by atoms with Crippen LogP contribution in [0.5, 0.6) is 0 Å². The van der Waals surface area contributed by atoms with Gasteiger partial charge in [-0.05, 0) is 38.3 Å². The molecule has 1 atom stereocenters. The van der Waals surface area contributed by atoms with Gasteiger partial charge in [-0.3, -0.25) is 9.78 Å². The second-order valence-corrected chi connectivity index (χ2v) is 7.31. The quantitative estimate of drug-likeness (QED) is 0.729. The van der Waals surface area contributed by atoms with E-state index in [9.17, 15) is 18.0 Å². The van der Waals surface area contributed by atoms with E-state index in [4.69, 9.17) is 5.10 Å². The smallest absolute Gasteiger partial charge is 0.310 e. The Bertz CT molecular complexity index is 1060. The van der Waals surface area contributed by atoms with E-state index in [0.717, 1.165) is 37.4 Å². The van der Waals surface area contributed by atoms with Crippen LogP contribution in [0.4, 0.5) is 13.2 Å². The number of H-pyrrole nitrogens is 1. The number of nitrogens with one attached hydrogen (secondary N) is 1. The second-order valence-electron chi connectivity index (χ2n) is 7.31. The molecule has 6 nitrogen and oxygen atoms in total. The van der Waals surface area contributed by atoms with Gasteiger partial charge in [-0.2, -0.15) is 18.3 Å². The van der Waals surface area contributed by atoms with Crippen molar-refractivity contribution in [3.05, 3.63) is 51.5 Å². The summed E-state index contributed by atoms with van der Waals surface area (Å²) in [6, 6.07) is 1.94. The molecule has 0 saturated heterocycles. The highest BCUT2D eigenvalue weighted by atomic mass is 19.4. The second kappa shape index (κ2) is 6.72. The van der Waals surface area contributed by atoms with Gasteiger partial charge in [0.1, 0.15) is 16.9 Å². The van der Waals surface area contributed by atoms with Crippen molar-refractivity contribution in [3.63, 3.8) is 0 Å². The maximum absolute atomic E-state index is 12.8. The molecule has 1 N–H and O–H groups in total. The van der Waals surface area contributed by atoms with Crippen LogP contribution in [0.25, 0.3) is 11.0 Å². The van der Waals surface area contributed by atoms with Crippen molar-refractivity contribution in [1.29, 1.82) is 0 Å². The van der Waals surface area contributed by atoms with E-state index in [1.54, 1.807) is 11.6 Å². The molecule has 0 spiro atoms. The summed E-state index contributed by atoms with van der Waals surface area (Å²) in [5.74, 6) is 0.668. The van der Waals surface area contributed by atoms with Crippen LogP contribution in [0.15, 0.2) is 23.1 Å². The number of aromatic amines is 1. The first-order chi connectivity index (χ1) is 13.3.